The van der Waals surface area contributed by atoms with Gasteiger partial charge in [-0.25, -0.2) is 0 Å². The first-order chi connectivity index (χ1) is 14.3. The topological polar surface area (TPSA) is 76.1 Å². The monoisotopic (exact) mass is 409 g/mol. The number of ketones is 1. The number of likely N-dealkylation sites (tertiary alicyclic amines) is 1. The smallest absolute Gasteiger partial charge is 0.295 e. The molecule has 30 heavy (non-hydrogen) atoms. The predicted molar refractivity (Wildman–Crippen MR) is 115 cm³/mol. The van der Waals surface area contributed by atoms with Crippen LogP contribution in [0, 0.1) is 13.8 Å². The molecule has 1 atom stereocenters. The zero-order valence-electron chi connectivity index (χ0n) is 18.0. The van der Waals surface area contributed by atoms with Gasteiger partial charge in [0.2, 0.25) is 0 Å². The molecular formula is C24H27NO5. The second-order valence-electron chi connectivity index (χ2n) is 7.41. The zero-order valence-corrected chi connectivity index (χ0v) is 18.0. The molecule has 0 radical (unpaired) electrons. The van der Waals surface area contributed by atoms with Gasteiger partial charge in [0.05, 0.1) is 25.8 Å². The molecule has 6 heteroatoms. The second-order valence-corrected chi connectivity index (χ2v) is 7.41. The number of nitrogens with zero attached hydrogens (tertiary/aromatic N) is 1. The lowest BCUT2D eigenvalue weighted by Crippen LogP contribution is -2.30. The fraction of sp³-hybridized carbons (Fsp3) is 0.333. The fourth-order valence-electron chi connectivity index (χ4n) is 3.77. The molecule has 1 N–H and O–H groups in total. The Hall–Kier alpha value is -3.28. The average molecular weight is 409 g/mol. The summed E-state index contributed by atoms with van der Waals surface area (Å²) in [6.07, 6.45) is 0.681. The standard InChI is InChI=1S/C24H27NO5/c1-6-11-25-21(16-9-10-18(29-4)19(13-16)30-5)20(23(27)24(25)28)22(26)17-8-7-14(2)15(3)12-17/h7-10,12-13,21,26H,6,11H2,1-5H3/b22-20-. The third-order valence-electron chi connectivity index (χ3n) is 5.51. The van der Waals surface area contributed by atoms with E-state index in [-0.39, 0.29) is 11.3 Å². The first kappa shape index (κ1) is 21.4. The van der Waals surface area contributed by atoms with E-state index in [9.17, 15) is 14.7 Å². The number of aliphatic hydroxyl groups excluding tert-OH is 1. The minimum Gasteiger partial charge on any atom is -0.507 e. The van der Waals surface area contributed by atoms with Crippen LogP contribution in [-0.4, -0.2) is 42.5 Å². The van der Waals surface area contributed by atoms with Gasteiger partial charge in [-0.05, 0) is 55.2 Å². The molecule has 1 heterocycles. The Morgan fingerprint density at radius 1 is 1.00 bits per heavy atom. The van der Waals surface area contributed by atoms with E-state index in [0.717, 1.165) is 11.1 Å². The van der Waals surface area contributed by atoms with Crippen molar-refractivity contribution in [3.8, 4) is 11.5 Å². The molecule has 0 bridgehead atoms. The number of aliphatic hydroxyl groups is 1. The number of carbonyl (C=O) groups is 2. The second kappa shape index (κ2) is 8.61. The minimum absolute atomic E-state index is 0.0870. The van der Waals surface area contributed by atoms with Crippen molar-refractivity contribution in [3.63, 3.8) is 0 Å². The summed E-state index contributed by atoms with van der Waals surface area (Å²) in [7, 11) is 3.07. The van der Waals surface area contributed by atoms with Gasteiger partial charge in [-0.15, -0.1) is 0 Å². The molecule has 1 saturated heterocycles. The molecule has 3 rings (SSSR count). The summed E-state index contributed by atoms with van der Waals surface area (Å²) in [5.41, 5.74) is 3.34. The van der Waals surface area contributed by atoms with Crippen molar-refractivity contribution in [1.29, 1.82) is 0 Å². The van der Waals surface area contributed by atoms with Gasteiger partial charge in [-0.1, -0.05) is 25.1 Å². The molecule has 1 aliphatic heterocycles. The van der Waals surface area contributed by atoms with Crippen LogP contribution in [0.3, 0.4) is 0 Å². The molecule has 2 aromatic rings. The number of aryl methyl sites for hydroxylation is 2. The highest BCUT2D eigenvalue weighted by Gasteiger charge is 2.45. The van der Waals surface area contributed by atoms with Gasteiger partial charge in [0, 0.05) is 12.1 Å². The van der Waals surface area contributed by atoms with E-state index in [1.807, 2.05) is 32.9 Å². The van der Waals surface area contributed by atoms with Crippen molar-refractivity contribution in [3.05, 3.63) is 64.2 Å². The molecule has 1 fully saturated rings. The van der Waals surface area contributed by atoms with Crippen LogP contribution in [-0.2, 0) is 9.59 Å². The molecule has 0 aromatic heterocycles. The lowest BCUT2D eigenvalue weighted by Gasteiger charge is -2.25. The van der Waals surface area contributed by atoms with Gasteiger partial charge < -0.3 is 19.5 Å². The number of rotatable bonds is 6. The van der Waals surface area contributed by atoms with Crippen LogP contribution in [0.2, 0.25) is 0 Å². The lowest BCUT2D eigenvalue weighted by atomic mass is 9.94. The molecule has 2 aromatic carbocycles. The number of carbonyl (C=O) groups excluding carboxylic acids is 2. The number of benzene rings is 2. The highest BCUT2D eigenvalue weighted by molar-refractivity contribution is 6.46. The van der Waals surface area contributed by atoms with Crippen LogP contribution >= 0.6 is 0 Å². The molecule has 0 spiro atoms. The van der Waals surface area contributed by atoms with E-state index >= 15 is 0 Å². The summed E-state index contributed by atoms with van der Waals surface area (Å²) < 4.78 is 10.7. The summed E-state index contributed by atoms with van der Waals surface area (Å²) in [6.45, 7) is 6.25. The lowest BCUT2D eigenvalue weighted by molar-refractivity contribution is -0.139. The Balaban J connectivity index is 2.22. The van der Waals surface area contributed by atoms with E-state index in [0.29, 0.717) is 35.6 Å². The molecule has 158 valence electrons. The van der Waals surface area contributed by atoms with Crippen molar-refractivity contribution in [1.82, 2.24) is 4.90 Å². The zero-order chi connectivity index (χ0) is 22.0. The maximum Gasteiger partial charge on any atom is 0.295 e. The van der Waals surface area contributed by atoms with Crippen LogP contribution in [0.15, 0.2) is 42.0 Å². The van der Waals surface area contributed by atoms with Crippen molar-refractivity contribution < 1.29 is 24.2 Å². The van der Waals surface area contributed by atoms with Crippen LogP contribution in [0.25, 0.3) is 5.76 Å². The third kappa shape index (κ3) is 3.65. The predicted octanol–water partition coefficient (Wildman–Crippen LogP) is 4.15. The number of hydrogen-bond acceptors (Lipinski definition) is 5. The fourth-order valence-corrected chi connectivity index (χ4v) is 3.77. The van der Waals surface area contributed by atoms with Crippen LogP contribution in [0.1, 0.15) is 41.6 Å². The summed E-state index contributed by atoms with van der Waals surface area (Å²) in [4.78, 5) is 27.3. The van der Waals surface area contributed by atoms with E-state index in [4.69, 9.17) is 9.47 Å². The van der Waals surface area contributed by atoms with E-state index in [1.54, 1.807) is 31.4 Å². The number of Topliss-reactive ketones (excluding diaryl/α,β-unsaturated/α-hetero) is 1. The average Bonchev–Trinajstić information content (AvgIpc) is 2.99. The van der Waals surface area contributed by atoms with E-state index in [1.165, 1.54) is 12.0 Å². The first-order valence-corrected chi connectivity index (χ1v) is 9.92. The maximum absolute atomic E-state index is 13.0. The molecule has 1 amide bonds. The molecular weight excluding hydrogens is 382 g/mol. The number of ether oxygens (including phenoxy) is 2. The Morgan fingerprint density at radius 3 is 2.30 bits per heavy atom. The van der Waals surface area contributed by atoms with E-state index in [2.05, 4.69) is 0 Å². The quantitative estimate of drug-likeness (QED) is 0.441. The number of amides is 1. The minimum atomic E-state index is -0.702. The molecule has 6 nitrogen and oxygen atoms in total. The van der Waals surface area contributed by atoms with Crippen molar-refractivity contribution in [2.24, 2.45) is 0 Å². The van der Waals surface area contributed by atoms with Crippen molar-refractivity contribution >= 4 is 17.4 Å². The van der Waals surface area contributed by atoms with Gasteiger partial charge in [-0.3, -0.25) is 9.59 Å². The first-order valence-electron chi connectivity index (χ1n) is 9.92. The summed E-state index contributed by atoms with van der Waals surface area (Å²) >= 11 is 0. The summed E-state index contributed by atoms with van der Waals surface area (Å²) in [6, 6.07) is 10.0. The van der Waals surface area contributed by atoms with Gasteiger partial charge in [0.25, 0.3) is 11.7 Å². The molecule has 0 aliphatic carbocycles. The van der Waals surface area contributed by atoms with Gasteiger partial charge in [0.15, 0.2) is 11.5 Å². The van der Waals surface area contributed by atoms with Gasteiger partial charge >= 0.3 is 0 Å². The van der Waals surface area contributed by atoms with Crippen LogP contribution in [0.5, 0.6) is 11.5 Å². The summed E-state index contributed by atoms with van der Waals surface area (Å²) in [5, 5.41) is 11.1. The molecule has 1 aliphatic rings. The van der Waals surface area contributed by atoms with Gasteiger partial charge in [0.1, 0.15) is 5.76 Å². The Bertz CT molecular complexity index is 1020. The number of methoxy groups -OCH3 is 2. The van der Waals surface area contributed by atoms with Crippen molar-refractivity contribution in [2.75, 3.05) is 20.8 Å². The Morgan fingerprint density at radius 2 is 1.70 bits per heavy atom. The molecule has 1 unspecified atom stereocenters. The normalized spacial score (nSPS) is 18.0. The highest BCUT2D eigenvalue weighted by Crippen LogP contribution is 2.42. The number of hydrogen-bond donors (Lipinski definition) is 1. The maximum atomic E-state index is 13.0. The van der Waals surface area contributed by atoms with Crippen molar-refractivity contribution in [2.45, 2.75) is 33.2 Å². The van der Waals surface area contributed by atoms with E-state index < -0.39 is 17.7 Å². The highest BCUT2D eigenvalue weighted by atomic mass is 16.5. The Kier molecular flexibility index (Phi) is 6.15. The Labute approximate surface area is 176 Å². The van der Waals surface area contributed by atoms with Crippen LogP contribution in [0.4, 0.5) is 0 Å². The molecule has 0 saturated carbocycles. The summed E-state index contributed by atoms with van der Waals surface area (Å²) in [5.74, 6) is -0.429. The third-order valence-corrected chi connectivity index (χ3v) is 5.51. The SMILES string of the molecule is CCCN1C(=O)C(=O)/C(=C(\O)c2ccc(C)c(C)c2)C1c1ccc(OC)c(OC)c1. The van der Waals surface area contributed by atoms with Gasteiger partial charge in [-0.2, -0.15) is 0 Å². The van der Waals surface area contributed by atoms with Crippen LogP contribution < -0.4 is 9.47 Å². The largest absolute Gasteiger partial charge is 0.507 e.